The van der Waals surface area contributed by atoms with Gasteiger partial charge in [0.2, 0.25) is 0 Å². The third-order valence-corrected chi connectivity index (χ3v) is 3.64. The highest BCUT2D eigenvalue weighted by atomic mass is 16.6. The third-order valence-electron chi connectivity index (χ3n) is 3.64. The van der Waals surface area contributed by atoms with E-state index in [0.717, 1.165) is 0 Å². The Hall–Kier alpha value is -3.06. The van der Waals surface area contributed by atoms with Crippen molar-refractivity contribution in [2.75, 3.05) is 0 Å². The van der Waals surface area contributed by atoms with E-state index in [0.29, 0.717) is 11.3 Å². The molecule has 0 bridgehead atoms. The van der Waals surface area contributed by atoms with Gasteiger partial charge in [0.1, 0.15) is 30.0 Å². The van der Waals surface area contributed by atoms with Gasteiger partial charge >= 0.3 is 0 Å². The molecule has 0 unspecified atom stereocenters. The second kappa shape index (κ2) is 3.72. The summed E-state index contributed by atoms with van der Waals surface area (Å²) in [4.78, 5) is 0. The summed E-state index contributed by atoms with van der Waals surface area (Å²) in [7, 11) is 0. The standard InChI is InChI=1S/C14H6N4O2/c15-5-13(6-16)11-9-3-1-2-4-10(9)19-12(11)14(7-17,8-18)20-13/h1-4,11-12H/t11-,12+/m1/s1. The first-order valence-corrected chi connectivity index (χ1v) is 5.77. The Balaban J connectivity index is 2.27. The predicted molar refractivity (Wildman–Crippen MR) is 62.6 cm³/mol. The lowest BCUT2D eigenvalue weighted by Gasteiger charge is -2.19. The quantitative estimate of drug-likeness (QED) is 0.692. The van der Waals surface area contributed by atoms with Gasteiger partial charge in [-0.25, -0.2) is 0 Å². The number of nitrogens with zero attached hydrogens (tertiary/aromatic N) is 4. The van der Waals surface area contributed by atoms with Gasteiger partial charge in [-0.2, -0.15) is 21.0 Å². The van der Waals surface area contributed by atoms with E-state index < -0.39 is 23.2 Å². The lowest BCUT2D eigenvalue weighted by molar-refractivity contribution is -0.00791. The van der Waals surface area contributed by atoms with Crippen LogP contribution < -0.4 is 4.74 Å². The van der Waals surface area contributed by atoms with E-state index in [2.05, 4.69) is 0 Å². The normalized spacial score (nSPS) is 26.8. The Morgan fingerprint density at radius 3 is 2.10 bits per heavy atom. The summed E-state index contributed by atoms with van der Waals surface area (Å²) in [6.45, 7) is 0. The minimum atomic E-state index is -1.96. The topological polar surface area (TPSA) is 114 Å². The van der Waals surface area contributed by atoms with E-state index in [9.17, 15) is 21.0 Å². The average Bonchev–Trinajstić information content (AvgIpc) is 3.02. The molecular formula is C14H6N4O2. The van der Waals surface area contributed by atoms with Crippen LogP contribution in [0.3, 0.4) is 0 Å². The molecule has 0 saturated carbocycles. The van der Waals surface area contributed by atoms with Crippen molar-refractivity contribution in [3.63, 3.8) is 0 Å². The summed E-state index contributed by atoms with van der Waals surface area (Å²) in [6.07, 6.45) is -0.991. The number of benzene rings is 1. The zero-order chi connectivity index (χ0) is 14.4. The summed E-state index contributed by atoms with van der Waals surface area (Å²) in [6, 6.07) is 13.9. The number of para-hydroxylation sites is 1. The van der Waals surface area contributed by atoms with Gasteiger partial charge in [0.25, 0.3) is 11.2 Å². The molecule has 94 valence electrons. The Kier molecular flexibility index (Phi) is 2.23. The minimum Gasteiger partial charge on any atom is -0.484 e. The molecule has 0 aliphatic carbocycles. The van der Waals surface area contributed by atoms with Gasteiger partial charge in [0.05, 0.1) is 5.92 Å². The molecule has 0 aromatic heterocycles. The summed E-state index contributed by atoms with van der Waals surface area (Å²) in [5, 5.41) is 37.2. The van der Waals surface area contributed by atoms with Crippen LogP contribution in [0.4, 0.5) is 0 Å². The largest absolute Gasteiger partial charge is 0.484 e. The van der Waals surface area contributed by atoms with Gasteiger partial charge in [-0.3, -0.25) is 0 Å². The van der Waals surface area contributed by atoms with Gasteiger partial charge in [0.15, 0.2) is 6.10 Å². The van der Waals surface area contributed by atoms with Gasteiger partial charge in [-0.05, 0) is 6.07 Å². The number of hydrogen-bond donors (Lipinski definition) is 0. The fraction of sp³-hybridized carbons (Fsp3) is 0.286. The van der Waals surface area contributed by atoms with Gasteiger partial charge in [-0.1, -0.05) is 18.2 Å². The SMILES string of the molecule is N#CC1(C#N)OC(C#N)(C#N)[C@H]2Oc3ccccc3[C@H]21. The molecule has 0 radical (unpaired) electrons. The second-order valence-corrected chi connectivity index (χ2v) is 4.57. The van der Waals surface area contributed by atoms with Crippen molar-refractivity contribution < 1.29 is 9.47 Å². The van der Waals surface area contributed by atoms with Gasteiger partial charge < -0.3 is 9.47 Å². The summed E-state index contributed by atoms with van der Waals surface area (Å²) in [5.74, 6) is -0.316. The minimum absolute atomic E-state index is 0.468. The van der Waals surface area contributed by atoms with Crippen LogP contribution in [0.25, 0.3) is 0 Å². The van der Waals surface area contributed by atoms with E-state index in [-0.39, 0.29) is 0 Å². The number of hydrogen-bond acceptors (Lipinski definition) is 6. The molecule has 0 N–H and O–H groups in total. The molecule has 20 heavy (non-hydrogen) atoms. The highest BCUT2D eigenvalue weighted by Crippen LogP contribution is 2.55. The monoisotopic (exact) mass is 262 g/mol. The molecule has 2 atom stereocenters. The van der Waals surface area contributed by atoms with Crippen LogP contribution in [0.15, 0.2) is 24.3 Å². The number of fused-ring (bicyclic) bond motifs is 3. The molecule has 1 aromatic carbocycles. The molecule has 6 nitrogen and oxygen atoms in total. The molecule has 0 spiro atoms. The number of ether oxygens (including phenoxy) is 2. The van der Waals surface area contributed by atoms with E-state index in [1.165, 1.54) is 0 Å². The van der Waals surface area contributed by atoms with Crippen molar-refractivity contribution in [3.05, 3.63) is 29.8 Å². The Morgan fingerprint density at radius 1 is 0.900 bits per heavy atom. The Labute approximate surface area is 114 Å². The summed E-state index contributed by atoms with van der Waals surface area (Å²) in [5.41, 5.74) is -3.26. The number of nitriles is 4. The molecule has 1 saturated heterocycles. The molecule has 3 rings (SSSR count). The highest BCUT2D eigenvalue weighted by molar-refractivity contribution is 5.53. The number of rotatable bonds is 0. The van der Waals surface area contributed by atoms with E-state index in [1.807, 2.05) is 0 Å². The molecule has 1 aromatic rings. The maximum Gasteiger partial charge on any atom is 0.281 e. The summed E-state index contributed by atoms with van der Waals surface area (Å²) >= 11 is 0. The lowest BCUT2D eigenvalue weighted by atomic mass is 9.80. The van der Waals surface area contributed by atoms with Crippen molar-refractivity contribution in [2.45, 2.75) is 23.2 Å². The first-order chi connectivity index (χ1) is 9.66. The highest BCUT2D eigenvalue weighted by Gasteiger charge is 2.70. The first kappa shape index (κ1) is 12.0. The van der Waals surface area contributed by atoms with Crippen molar-refractivity contribution in [3.8, 4) is 30.0 Å². The van der Waals surface area contributed by atoms with Crippen LogP contribution in [0.5, 0.6) is 5.75 Å². The van der Waals surface area contributed by atoms with Crippen LogP contribution >= 0.6 is 0 Å². The van der Waals surface area contributed by atoms with Gasteiger partial charge in [0, 0.05) is 5.56 Å². The van der Waals surface area contributed by atoms with Crippen LogP contribution in [0, 0.1) is 45.3 Å². The molecule has 1 fully saturated rings. The predicted octanol–water partition coefficient (Wildman–Crippen LogP) is 1.13. The van der Waals surface area contributed by atoms with Gasteiger partial charge in [-0.15, -0.1) is 0 Å². The average molecular weight is 262 g/mol. The van der Waals surface area contributed by atoms with Crippen molar-refractivity contribution in [2.24, 2.45) is 0 Å². The maximum atomic E-state index is 9.34. The fourth-order valence-corrected chi connectivity index (χ4v) is 2.75. The molecule has 2 aliphatic heterocycles. The Bertz CT molecular complexity index is 731. The lowest BCUT2D eigenvalue weighted by Crippen LogP contribution is -2.40. The molecule has 2 heterocycles. The molecule has 0 amide bonds. The van der Waals surface area contributed by atoms with Crippen LogP contribution in [-0.4, -0.2) is 17.3 Å². The van der Waals surface area contributed by atoms with Crippen LogP contribution in [0.2, 0.25) is 0 Å². The smallest absolute Gasteiger partial charge is 0.281 e. The van der Waals surface area contributed by atoms with Crippen molar-refractivity contribution in [1.82, 2.24) is 0 Å². The van der Waals surface area contributed by atoms with E-state index in [1.54, 1.807) is 48.5 Å². The third kappa shape index (κ3) is 1.16. The van der Waals surface area contributed by atoms with Crippen LogP contribution in [0.1, 0.15) is 11.5 Å². The van der Waals surface area contributed by atoms with Crippen molar-refractivity contribution in [1.29, 1.82) is 21.0 Å². The van der Waals surface area contributed by atoms with E-state index in [4.69, 9.17) is 9.47 Å². The zero-order valence-corrected chi connectivity index (χ0v) is 10.1. The van der Waals surface area contributed by atoms with E-state index >= 15 is 0 Å². The maximum absolute atomic E-state index is 9.34. The second-order valence-electron chi connectivity index (χ2n) is 4.57. The molecular weight excluding hydrogens is 256 g/mol. The molecule has 2 aliphatic rings. The summed E-state index contributed by atoms with van der Waals surface area (Å²) < 4.78 is 10.9. The molecule has 6 heteroatoms. The van der Waals surface area contributed by atoms with Crippen molar-refractivity contribution >= 4 is 0 Å². The zero-order valence-electron chi connectivity index (χ0n) is 10.1. The van der Waals surface area contributed by atoms with Crippen LogP contribution in [-0.2, 0) is 4.74 Å². The fourth-order valence-electron chi connectivity index (χ4n) is 2.75. The first-order valence-electron chi connectivity index (χ1n) is 5.77. The Morgan fingerprint density at radius 2 is 1.50 bits per heavy atom.